The number of urea groups is 1. The smallest absolute Gasteiger partial charge is 0.316 e. The molecule has 3 aromatic rings. The zero-order valence-corrected chi connectivity index (χ0v) is 72.8. The van der Waals surface area contributed by atoms with Gasteiger partial charge in [0.2, 0.25) is 70.9 Å². The second kappa shape index (κ2) is 49.6. The number of nitrogens with zero attached hydrogens (tertiary/aromatic N) is 2. The lowest BCUT2D eigenvalue weighted by molar-refractivity contribution is -0.143. The van der Waals surface area contributed by atoms with Gasteiger partial charge in [0.15, 0.2) is 5.78 Å². The minimum Gasteiger partial charge on any atom is -0.508 e. The molecule has 0 aliphatic carbocycles. The summed E-state index contributed by atoms with van der Waals surface area (Å²) < 4.78 is 0. The Hall–Kier alpha value is -10.3. The zero-order valence-electron chi connectivity index (χ0n) is 72.8. The highest BCUT2D eigenvalue weighted by Gasteiger charge is 2.45. The lowest BCUT2D eigenvalue weighted by Gasteiger charge is -2.32. The topological polar surface area (TPSA) is 508 Å². The number of amides is 14. The van der Waals surface area contributed by atoms with Crippen LogP contribution in [0.1, 0.15) is 203 Å². The van der Waals surface area contributed by atoms with Crippen LogP contribution in [0.15, 0.2) is 78.9 Å². The monoisotopic (exact) mass is 1690 g/mol. The Morgan fingerprint density at radius 3 is 1.12 bits per heavy atom. The highest BCUT2D eigenvalue weighted by molar-refractivity contribution is 6.02. The van der Waals surface area contributed by atoms with Crippen molar-refractivity contribution in [1.29, 1.82) is 0 Å². The number of carbonyl (C=O) groups excluding carboxylic acids is 14. The Morgan fingerprint density at radius 2 is 0.669 bits per heavy atom. The Balaban J connectivity index is 1.46. The maximum absolute atomic E-state index is 15.4. The molecule has 3 heterocycles. The molecule has 33 nitrogen and oxygen atoms in total. The second-order valence-corrected chi connectivity index (χ2v) is 34.8. The number of benzene rings is 3. The van der Waals surface area contributed by atoms with E-state index in [0.29, 0.717) is 68.1 Å². The molecule has 14 amide bonds. The van der Waals surface area contributed by atoms with Crippen LogP contribution in [-0.2, 0) is 81.6 Å². The third-order valence-corrected chi connectivity index (χ3v) is 22.1. The van der Waals surface area contributed by atoms with E-state index in [0.717, 1.165) is 0 Å². The molecule has 121 heavy (non-hydrogen) atoms. The van der Waals surface area contributed by atoms with Crippen LogP contribution in [0.4, 0.5) is 4.79 Å². The predicted octanol–water partition coefficient (Wildman–Crippen LogP) is 3.07. The lowest BCUT2D eigenvalue weighted by atomic mass is 9.92. The molecule has 0 saturated carbocycles. The average molecular weight is 1690 g/mol. The van der Waals surface area contributed by atoms with Crippen molar-refractivity contribution < 1.29 is 77.3 Å². The van der Waals surface area contributed by atoms with Gasteiger partial charge in [-0.15, -0.1) is 0 Å². The third kappa shape index (κ3) is 31.6. The van der Waals surface area contributed by atoms with Crippen LogP contribution >= 0.6 is 0 Å². The largest absolute Gasteiger partial charge is 0.508 e. The van der Waals surface area contributed by atoms with Gasteiger partial charge in [0.1, 0.15) is 84.0 Å². The Labute approximate surface area is 712 Å². The summed E-state index contributed by atoms with van der Waals surface area (Å²) in [7, 11) is 0. The SMILES string of the molecule is CC(C)C[C@@H]1NC(=O)[C@@H]2CCCN2C(=O)[C@@H](Cc2cccc(O)c2)NC(=O)[C@H](C(C)C)NC(=O)[C@@H](Cc2ccccc2)NC(=O)N[C@@H](CC(C)C)C(=O)[C@@H](CCCCN)NC(=O)[C@H](C(C)C)NC(=O)[C@H]2CCCN2C(=O)[C@H](Cc2ccc(O)cc2)NC(=O)[C@@H](CC(C)C)NC(=O)[C@@H](CCCCN)NC(=O)[C@@H](C(C)C)NC(=O)[C@H](CCCCN)NC1=O. The predicted molar refractivity (Wildman–Crippen MR) is 458 cm³/mol. The number of phenols is 2. The van der Waals surface area contributed by atoms with Crippen LogP contribution in [-0.4, -0.2) is 220 Å². The fourth-order valence-electron chi connectivity index (χ4n) is 15.5. The number of ketones is 1. The van der Waals surface area contributed by atoms with Crippen LogP contribution in [0.3, 0.4) is 0 Å². The van der Waals surface area contributed by atoms with Gasteiger partial charge >= 0.3 is 6.03 Å². The fourth-order valence-corrected chi connectivity index (χ4v) is 15.5. The van der Waals surface area contributed by atoms with E-state index in [-0.39, 0.29) is 133 Å². The number of Topliss-reactive ketones (excluding diaryl/α,β-unsaturated/α-hetero) is 1. The van der Waals surface area contributed by atoms with Gasteiger partial charge in [-0.05, 0) is 199 Å². The number of fused-ring (bicyclic) bond motifs is 2. The number of nitrogens with one attached hydrogen (secondary N) is 12. The zero-order chi connectivity index (χ0) is 89.3. The van der Waals surface area contributed by atoms with E-state index in [2.05, 4.69) is 63.8 Å². The first-order chi connectivity index (χ1) is 57.4. The number of carbonyl (C=O) groups is 14. The molecule has 0 spiro atoms. The van der Waals surface area contributed by atoms with Crippen LogP contribution in [0.25, 0.3) is 0 Å². The highest BCUT2D eigenvalue weighted by atomic mass is 16.3. The molecule has 3 saturated heterocycles. The second-order valence-electron chi connectivity index (χ2n) is 34.8. The molecular formula is C88H137N17O16. The van der Waals surface area contributed by atoms with Gasteiger partial charge in [0.25, 0.3) is 0 Å². The quantitative estimate of drug-likeness (QED) is 0.0488. The number of hydrogen-bond donors (Lipinski definition) is 17. The van der Waals surface area contributed by atoms with Crippen molar-refractivity contribution in [2.75, 3.05) is 32.7 Å². The summed E-state index contributed by atoms with van der Waals surface area (Å²) in [6, 6.07) is 1.13. The minimum absolute atomic E-state index is 0.0208. The molecule has 33 heteroatoms. The number of unbranched alkanes of at least 4 members (excludes halogenated alkanes) is 3. The normalized spacial score (nSPS) is 25.4. The number of nitrogens with two attached hydrogens (primary N) is 3. The van der Waals surface area contributed by atoms with Crippen LogP contribution in [0.2, 0.25) is 0 Å². The van der Waals surface area contributed by atoms with E-state index in [9.17, 15) is 48.6 Å². The van der Waals surface area contributed by atoms with Gasteiger partial charge in [0.05, 0.1) is 12.1 Å². The summed E-state index contributed by atoms with van der Waals surface area (Å²) in [4.78, 5) is 213. The van der Waals surface area contributed by atoms with Gasteiger partial charge in [-0.2, -0.15) is 0 Å². The molecule has 3 aliphatic heterocycles. The van der Waals surface area contributed by atoms with Crippen molar-refractivity contribution in [2.24, 2.45) is 52.7 Å². The van der Waals surface area contributed by atoms with Crippen molar-refractivity contribution >= 4 is 82.7 Å². The molecule has 0 aromatic heterocycles. The van der Waals surface area contributed by atoms with Crippen molar-refractivity contribution in [1.82, 2.24) is 73.6 Å². The molecule has 0 radical (unpaired) electrons. The van der Waals surface area contributed by atoms with Gasteiger partial charge in [-0.3, -0.25) is 62.3 Å². The molecule has 0 unspecified atom stereocenters. The number of phenolic OH excluding ortho intramolecular Hbond substituents is 2. The number of hydrogen-bond acceptors (Lipinski definition) is 19. The Morgan fingerprint density at radius 1 is 0.331 bits per heavy atom. The van der Waals surface area contributed by atoms with Crippen molar-refractivity contribution in [2.45, 2.75) is 290 Å². The van der Waals surface area contributed by atoms with Crippen LogP contribution in [0, 0.1) is 35.5 Å². The van der Waals surface area contributed by atoms with E-state index in [1.165, 1.54) is 34.1 Å². The summed E-state index contributed by atoms with van der Waals surface area (Å²) in [6.07, 6.45) is 2.93. The van der Waals surface area contributed by atoms with E-state index >= 15 is 28.8 Å². The molecular weight excluding hydrogens is 1550 g/mol. The van der Waals surface area contributed by atoms with E-state index in [1.54, 1.807) is 96.1 Å². The fraction of sp³-hybridized carbons (Fsp3) is 0.636. The van der Waals surface area contributed by atoms with Gasteiger partial charge in [0, 0.05) is 32.4 Å². The first-order valence-corrected chi connectivity index (χ1v) is 43.4. The molecule has 14 atom stereocenters. The molecule has 0 bridgehead atoms. The minimum atomic E-state index is -1.44. The van der Waals surface area contributed by atoms with Crippen LogP contribution < -0.4 is 81.0 Å². The highest BCUT2D eigenvalue weighted by Crippen LogP contribution is 2.26. The maximum atomic E-state index is 15.4. The average Bonchev–Trinajstić information content (AvgIpc) is 1.63. The van der Waals surface area contributed by atoms with Crippen molar-refractivity contribution in [3.05, 3.63) is 95.6 Å². The summed E-state index contributed by atoms with van der Waals surface area (Å²) in [6.45, 7) is 21.8. The summed E-state index contributed by atoms with van der Waals surface area (Å²) in [5.74, 6) is -12.6. The maximum Gasteiger partial charge on any atom is 0.316 e. The van der Waals surface area contributed by atoms with Gasteiger partial charge < -0.3 is 101 Å². The van der Waals surface area contributed by atoms with E-state index in [4.69, 9.17) is 17.2 Å². The van der Waals surface area contributed by atoms with Crippen molar-refractivity contribution in [3.63, 3.8) is 0 Å². The number of aromatic hydroxyl groups is 2. The first-order valence-electron chi connectivity index (χ1n) is 43.4. The summed E-state index contributed by atoms with van der Waals surface area (Å²) in [5, 5.41) is 55.0. The lowest BCUT2D eigenvalue weighted by Crippen LogP contribution is -2.62. The Kier molecular flexibility index (Phi) is 40.8. The van der Waals surface area contributed by atoms with Crippen LogP contribution in [0.5, 0.6) is 11.5 Å². The van der Waals surface area contributed by atoms with Gasteiger partial charge in [-0.25, -0.2) is 4.79 Å². The van der Waals surface area contributed by atoms with Crippen molar-refractivity contribution in [3.8, 4) is 11.5 Å². The molecule has 6 rings (SSSR count). The van der Waals surface area contributed by atoms with E-state index < -0.39 is 185 Å². The van der Waals surface area contributed by atoms with Gasteiger partial charge in [-0.1, -0.05) is 138 Å². The summed E-state index contributed by atoms with van der Waals surface area (Å²) >= 11 is 0. The molecule has 3 aliphatic rings. The standard InChI is InChI=1S/C88H137N17O16/c1-50(2)43-64-75(108)61(29-16-19-38-89)92-83(116)74(55(11)12)103-82(115)71-33-24-42-105(71)86(119)68(48-57-34-36-59(106)37-35-57)97-79(112)65(44-51(3)4)95-76(109)62(30-17-20-39-90)94-84(117)72(53(7)8)101-77(110)63(31-18-21-40-91)93-78(111)66(45-52(5)6)96-81(114)70-32-23-41-104(70)87(120)69(49-58-27-22-28-60(107)46-58)98-85(118)73(54(9)10)102-80(113)67(100-88(121)99-64)47-56-25-14-13-15-26-56/h13-15,22,25-28,34-37,46,50-55,61-74,106-107H,16-21,23-24,29-33,38-45,47-49,89-91H2,1-12H3,(H,92,116)(H,93,111)(H,94,117)(H,95,109)(H,96,114)(H,97,112)(H,98,118)(H,101,110)(H,102,113)(H,103,115)(H2,99,100,121)/t61-,62-,63+,64+,65-,66+,67-,68+,69-,70+,71-,72-,73+,74+/m1/s1. The first kappa shape index (κ1) is 99.5. The molecule has 3 fully saturated rings. The number of rotatable bonds is 27. The Bertz CT molecular complexity index is 3940. The summed E-state index contributed by atoms with van der Waals surface area (Å²) in [5.41, 5.74) is 19.4. The molecule has 20 N–H and O–H groups in total. The molecule has 3 aromatic carbocycles. The third-order valence-electron chi connectivity index (χ3n) is 22.1. The van der Waals surface area contributed by atoms with E-state index in [1.807, 2.05) is 41.5 Å². The molecule has 670 valence electrons.